The van der Waals surface area contributed by atoms with E-state index in [1.807, 2.05) is 0 Å². The number of amides is 1. The summed E-state index contributed by atoms with van der Waals surface area (Å²) in [6, 6.07) is 10.7. The molecule has 1 heterocycles. The number of non-ortho nitro benzene ring substituents is 1. The van der Waals surface area contributed by atoms with Crippen LogP contribution in [0.15, 0.2) is 48.5 Å². The van der Waals surface area contributed by atoms with Gasteiger partial charge in [-0.1, -0.05) is 30.3 Å². The highest BCUT2D eigenvalue weighted by Gasteiger charge is 2.37. The van der Waals surface area contributed by atoms with Crippen LogP contribution in [0.2, 0.25) is 0 Å². The molecule has 234 valence electrons. The summed E-state index contributed by atoms with van der Waals surface area (Å²) >= 11 is 0. The first kappa shape index (κ1) is 32.9. The predicted molar refractivity (Wildman–Crippen MR) is 171 cm³/mol. The Morgan fingerprint density at radius 2 is 1.77 bits per heavy atom. The van der Waals surface area contributed by atoms with E-state index in [2.05, 4.69) is 37.2 Å². The highest BCUT2D eigenvalue weighted by atomic mass is 31.2. The Labute approximate surface area is 260 Å². The van der Waals surface area contributed by atoms with Crippen molar-refractivity contribution in [3.63, 3.8) is 0 Å². The van der Waals surface area contributed by atoms with Crippen molar-refractivity contribution in [1.29, 1.82) is 0 Å². The molecule has 13 heteroatoms. The third kappa shape index (κ3) is 9.49. The van der Waals surface area contributed by atoms with Crippen LogP contribution in [0.3, 0.4) is 0 Å². The van der Waals surface area contributed by atoms with E-state index < -0.39 is 18.4 Å². The van der Waals surface area contributed by atoms with Crippen LogP contribution in [0.25, 0.3) is 23.1 Å². The van der Waals surface area contributed by atoms with Crippen molar-refractivity contribution in [2.24, 2.45) is 0 Å². The Kier molecular flexibility index (Phi) is 12.1. The Hall–Kier alpha value is -4.01. The first-order valence-electron chi connectivity index (χ1n) is 14.9. The van der Waals surface area contributed by atoms with Crippen molar-refractivity contribution in [1.82, 2.24) is 9.57 Å². The van der Waals surface area contributed by atoms with Crippen LogP contribution in [-0.4, -0.2) is 69.3 Å². The van der Waals surface area contributed by atoms with E-state index in [1.165, 1.54) is 24.3 Å². The molecule has 1 saturated heterocycles. The molecule has 1 aliphatic rings. The van der Waals surface area contributed by atoms with Crippen LogP contribution in [0.1, 0.15) is 59.1 Å². The lowest BCUT2D eigenvalue weighted by atomic mass is 10.1. The van der Waals surface area contributed by atoms with Crippen LogP contribution < -0.4 is 0 Å². The molecule has 2 aromatic rings. The average molecular weight is 625 g/mol. The molecular weight excluding hydrogens is 585 g/mol. The molecule has 12 nitrogen and oxygen atoms in total. The van der Waals surface area contributed by atoms with Crippen molar-refractivity contribution >= 4 is 44.0 Å². The van der Waals surface area contributed by atoms with Crippen molar-refractivity contribution < 1.29 is 25.1 Å². The maximum atomic E-state index is 13.2. The molecule has 0 aliphatic carbocycles. The van der Waals surface area contributed by atoms with Gasteiger partial charge in [-0.2, -0.15) is 0 Å². The SMILES string of the molecule is [2H]C[C@@H]1C[C@@H](OP(OCC[N+]#[C-])N(C(C)C)C(C)C)CN1C(=O)/C=C/c1ccc(/C=C/c2ccc([N+](=O)[O-])cc2[N+](=O)[O-])cc1. The zero-order valence-corrected chi connectivity index (χ0v) is 26.1. The third-order valence-corrected chi connectivity index (χ3v) is 8.96. The molecule has 1 unspecified atom stereocenters. The molecule has 0 bridgehead atoms. The zero-order chi connectivity index (χ0) is 33.1. The quantitative estimate of drug-likeness (QED) is 0.0418. The maximum Gasteiger partial charge on any atom is 0.283 e. The molecule has 0 saturated carbocycles. The van der Waals surface area contributed by atoms with Gasteiger partial charge >= 0.3 is 0 Å². The fourth-order valence-corrected chi connectivity index (χ4v) is 6.45. The summed E-state index contributed by atoms with van der Waals surface area (Å²) in [4.78, 5) is 39.2. The molecular formula is C31H38N5O7P. The van der Waals surface area contributed by atoms with Crippen molar-refractivity contribution in [3.05, 3.63) is 96.9 Å². The topological polar surface area (TPSA) is 133 Å². The van der Waals surface area contributed by atoms with Crippen LogP contribution >= 0.6 is 8.53 Å². The van der Waals surface area contributed by atoms with Crippen LogP contribution in [0, 0.1) is 26.8 Å². The first-order valence-corrected chi connectivity index (χ1v) is 15.3. The summed E-state index contributed by atoms with van der Waals surface area (Å²) in [5, 5.41) is 22.3. The monoisotopic (exact) mass is 624 g/mol. The largest absolute Gasteiger partial charge is 0.334 e. The van der Waals surface area contributed by atoms with Gasteiger partial charge in [-0.3, -0.25) is 25.0 Å². The highest BCUT2D eigenvalue weighted by molar-refractivity contribution is 7.44. The first-order chi connectivity index (χ1) is 21.4. The Balaban J connectivity index is 1.66. The van der Waals surface area contributed by atoms with E-state index in [-0.39, 0.29) is 67.1 Å². The lowest BCUT2D eigenvalue weighted by molar-refractivity contribution is -0.394. The minimum atomic E-state index is -1.46. The fourth-order valence-electron chi connectivity index (χ4n) is 4.75. The van der Waals surface area contributed by atoms with Gasteiger partial charge in [0.05, 0.1) is 27.6 Å². The number of hydrogen-bond acceptors (Lipinski definition) is 8. The molecule has 3 rings (SSSR count). The van der Waals surface area contributed by atoms with Gasteiger partial charge in [-0.05, 0) is 70.4 Å². The highest BCUT2D eigenvalue weighted by Crippen LogP contribution is 2.48. The van der Waals surface area contributed by atoms with E-state index in [9.17, 15) is 25.0 Å². The van der Waals surface area contributed by atoms with Gasteiger partial charge in [0.25, 0.3) is 19.9 Å². The van der Waals surface area contributed by atoms with E-state index in [1.54, 1.807) is 41.3 Å². The number of nitro groups is 2. The third-order valence-electron chi connectivity index (χ3n) is 6.78. The van der Waals surface area contributed by atoms with E-state index in [4.69, 9.17) is 17.0 Å². The number of carbonyl (C=O) groups is 1. The summed E-state index contributed by atoms with van der Waals surface area (Å²) in [6.45, 7) is 16.2. The van der Waals surface area contributed by atoms with Gasteiger partial charge in [0.15, 0.2) is 0 Å². The van der Waals surface area contributed by atoms with Crippen molar-refractivity contribution in [2.75, 3.05) is 19.7 Å². The van der Waals surface area contributed by atoms with E-state index in [0.29, 0.717) is 13.0 Å². The summed E-state index contributed by atoms with van der Waals surface area (Å²) in [5.74, 6) is -0.226. The lowest BCUT2D eigenvalue weighted by Crippen LogP contribution is -2.35. The molecule has 1 fully saturated rings. The Morgan fingerprint density at radius 1 is 1.11 bits per heavy atom. The van der Waals surface area contributed by atoms with Gasteiger partial charge in [0, 0.05) is 38.2 Å². The number of nitro benzene ring substituents is 2. The van der Waals surface area contributed by atoms with Gasteiger partial charge in [-0.25, -0.2) is 11.2 Å². The normalized spacial score (nSPS) is 18.0. The number of benzene rings is 2. The van der Waals surface area contributed by atoms with Gasteiger partial charge in [0.2, 0.25) is 12.5 Å². The molecule has 2 aromatic carbocycles. The van der Waals surface area contributed by atoms with Crippen LogP contribution in [0.5, 0.6) is 0 Å². The molecule has 0 N–H and O–H groups in total. The van der Waals surface area contributed by atoms with Crippen LogP contribution in [-0.2, 0) is 13.8 Å². The number of carbonyl (C=O) groups excluding carboxylic acids is 1. The van der Waals surface area contributed by atoms with Gasteiger partial charge in [0.1, 0.15) is 6.61 Å². The second-order valence-electron chi connectivity index (χ2n) is 10.7. The zero-order valence-electron chi connectivity index (χ0n) is 26.2. The minimum Gasteiger partial charge on any atom is -0.334 e. The molecule has 1 amide bonds. The molecule has 0 radical (unpaired) electrons. The second kappa shape index (κ2) is 16.2. The van der Waals surface area contributed by atoms with E-state index in [0.717, 1.165) is 17.2 Å². The molecule has 0 aromatic heterocycles. The molecule has 3 atom stereocenters. The van der Waals surface area contributed by atoms with Crippen molar-refractivity contribution in [3.8, 4) is 0 Å². The average Bonchev–Trinajstić information content (AvgIpc) is 3.41. The van der Waals surface area contributed by atoms with Gasteiger partial charge < -0.3 is 18.8 Å². The lowest BCUT2D eigenvalue weighted by Gasteiger charge is -2.36. The summed E-state index contributed by atoms with van der Waals surface area (Å²) in [6.07, 6.45) is 6.56. The van der Waals surface area contributed by atoms with E-state index >= 15 is 0 Å². The second-order valence-corrected chi connectivity index (χ2v) is 12.1. The molecule has 0 spiro atoms. The standard InChI is InChI=1S/C31H38N5O7P/c1-22(2)34(23(3)4)44(42-18-17-32-6)43-29-19-24(5)33(21-29)31(37)16-12-26-9-7-25(8-10-26)11-13-27-14-15-28(35(38)39)20-30(27)36(40)41/h7-16,20,22-24,29H,17-19,21H2,1-5H3/b13-11+,16-12+/t24-,29-,44?/m1/s1/i5D. The summed E-state index contributed by atoms with van der Waals surface area (Å²) in [7, 11) is -1.46. The van der Waals surface area contributed by atoms with Gasteiger partial charge in [-0.15, -0.1) is 0 Å². The number of rotatable bonds is 14. The summed E-state index contributed by atoms with van der Waals surface area (Å²) in [5.41, 5.74) is 1.02. The predicted octanol–water partition coefficient (Wildman–Crippen LogP) is 6.97. The minimum absolute atomic E-state index is 0.0436. The van der Waals surface area contributed by atoms with Crippen LogP contribution in [0.4, 0.5) is 11.4 Å². The molecule has 1 aliphatic heterocycles. The molecule has 44 heavy (non-hydrogen) atoms. The Bertz CT molecular complexity index is 1440. The summed E-state index contributed by atoms with van der Waals surface area (Å²) < 4.78 is 22.6. The Morgan fingerprint density at radius 3 is 2.34 bits per heavy atom. The number of hydrogen-bond donors (Lipinski definition) is 0. The smallest absolute Gasteiger partial charge is 0.283 e. The fraction of sp³-hybridized carbons (Fsp3) is 0.419. The van der Waals surface area contributed by atoms with Crippen molar-refractivity contribution in [2.45, 2.75) is 65.2 Å². The number of nitrogens with zero attached hydrogens (tertiary/aromatic N) is 5. The number of likely N-dealkylation sites (tertiary alicyclic amines) is 1. The maximum absolute atomic E-state index is 13.2.